The van der Waals surface area contributed by atoms with Crippen molar-refractivity contribution in [1.29, 1.82) is 0 Å². The fraction of sp³-hybridized carbons (Fsp3) is 0.214. The Morgan fingerprint density at radius 3 is 2.91 bits per heavy atom. The molecule has 23 heavy (non-hydrogen) atoms. The van der Waals surface area contributed by atoms with Crippen molar-refractivity contribution in [3.05, 3.63) is 39.8 Å². The van der Waals surface area contributed by atoms with Gasteiger partial charge in [-0.3, -0.25) is 9.78 Å². The maximum Gasteiger partial charge on any atom is 0.256 e. The third-order valence-corrected chi connectivity index (χ3v) is 3.98. The maximum atomic E-state index is 12.3. The number of rotatable bonds is 4. The molecule has 0 amide bonds. The van der Waals surface area contributed by atoms with E-state index in [1.165, 1.54) is 11.3 Å². The van der Waals surface area contributed by atoms with Crippen LogP contribution in [0.1, 0.15) is 25.3 Å². The third kappa shape index (κ3) is 2.90. The number of hydrogen-bond acceptors (Lipinski definition) is 6. The molecule has 0 aliphatic heterocycles. The van der Waals surface area contributed by atoms with Crippen LogP contribution in [0.2, 0.25) is 0 Å². The van der Waals surface area contributed by atoms with Gasteiger partial charge in [0.25, 0.3) is 5.56 Å². The van der Waals surface area contributed by atoms with Crippen LogP contribution in [0.15, 0.2) is 33.6 Å². The molecule has 0 aromatic carbocycles. The minimum absolute atomic E-state index is 0.00740. The van der Waals surface area contributed by atoms with Gasteiger partial charge in [0.2, 0.25) is 11.1 Å². The summed E-state index contributed by atoms with van der Waals surface area (Å²) in [4.78, 5) is 27.7. The molecule has 0 saturated heterocycles. The van der Waals surface area contributed by atoms with E-state index in [2.05, 4.69) is 25.0 Å². The van der Waals surface area contributed by atoms with Crippen molar-refractivity contribution in [2.45, 2.75) is 19.8 Å². The minimum Gasteiger partial charge on any atom is -0.390 e. The molecule has 3 rings (SSSR count). The predicted molar refractivity (Wildman–Crippen MR) is 89.5 cm³/mol. The molecule has 0 saturated carbocycles. The van der Waals surface area contributed by atoms with Crippen molar-refractivity contribution in [2.75, 3.05) is 0 Å². The molecule has 3 aromatic heterocycles. The van der Waals surface area contributed by atoms with E-state index in [0.29, 0.717) is 22.1 Å². The Morgan fingerprint density at radius 2 is 2.26 bits per heavy atom. The lowest BCUT2D eigenvalue weighted by molar-refractivity contribution is 0.831. The second-order valence-electron chi connectivity index (χ2n) is 5.05. The Hall–Kier alpha value is -2.81. The van der Waals surface area contributed by atoms with Gasteiger partial charge in [0.05, 0.1) is 6.34 Å². The number of thiazole rings is 1. The molecular weight excluding hydrogens is 314 g/mol. The van der Waals surface area contributed by atoms with Crippen molar-refractivity contribution in [2.24, 2.45) is 10.7 Å². The highest BCUT2D eigenvalue weighted by Gasteiger charge is 2.19. The zero-order valence-electron chi connectivity index (χ0n) is 12.6. The first-order chi connectivity index (χ1) is 11.1. The molecule has 3 N–H and O–H groups in total. The summed E-state index contributed by atoms with van der Waals surface area (Å²) in [5.74, 6) is 0.151. The Labute approximate surface area is 135 Å². The first-order valence-corrected chi connectivity index (χ1v) is 7.82. The van der Waals surface area contributed by atoms with Gasteiger partial charge in [-0.05, 0) is 12.0 Å². The minimum atomic E-state index is -0.237. The van der Waals surface area contributed by atoms with Crippen molar-refractivity contribution >= 4 is 23.6 Å². The van der Waals surface area contributed by atoms with Crippen LogP contribution < -0.4 is 11.3 Å². The fourth-order valence-electron chi connectivity index (χ4n) is 2.19. The molecule has 8 nitrogen and oxygen atoms in total. The first kappa shape index (κ1) is 15.1. The summed E-state index contributed by atoms with van der Waals surface area (Å²) in [6.45, 7) is 3.87. The van der Waals surface area contributed by atoms with Gasteiger partial charge in [0, 0.05) is 23.3 Å². The van der Waals surface area contributed by atoms with Gasteiger partial charge in [-0.1, -0.05) is 13.8 Å². The Morgan fingerprint density at radius 1 is 1.43 bits per heavy atom. The predicted octanol–water partition coefficient (Wildman–Crippen LogP) is 1.82. The lowest BCUT2D eigenvalue weighted by atomic mass is 10.0. The van der Waals surface area contributed by atoms with Crippen LogP contribution in [0.3, 0.4) is 0 Å². The molecule has 0 aliphatic carbocycles. The molecule has 0 aliphatic rings. The SMILES string of the molecule is CC(C)c1c(-c2csc(-n3cccn3)n2)nc(N=CN)[nH]c1=O. The third-order valence-electron chi connectivity index (χ3n) is 3.15. The summed E-state index contributed by atoms with van der Waals surface area (Å²) in [6, 6.07) is 1.82. The molecule has 0 fully saturated rings. The number of nitrogens with zero attached hydrogens (tertiary/aromatic N) is 5. The van der Waals surface area contributed by atoms with Crippen molar-refractivity contribution < 1.29 is 0 Å². The molecule has 0 unspecified atom stereocenters. The molecule has 0 radical (unpaired) electrons. The maximum absolute atomic E-state index is 12.3. The summed E-state index contributed by atoms with van der Waals surface area (Å²) >= 11 is 1.42. The van der Waals surface area contributed by atoms with Gasteiger partial charge >= 0.3 is 0 Å². The second kappa shape index (κ2) is 6.13. The van der Waals surface area contributed by atoms with E-state index in [9.17, 15) is 4.79 Å². The van der Waals surface area contributed by atoms with Crippen LogP contribution in [-0.4, -0.2) is 31.1 Å². The summed E-state index contributed by atoms with van der Waals surface area (Å²) in [5, 5.41) is 6.70. The van der Waals surface area contributed by atoms with Gasteiger partial charge in [-0.25, -0.2) is 19.6 Å². The number of aromatic amines is 1. The average molecular weight is 329 g/mol. The zero-order chi connectivity index (χ0) is 16.4. The Bertz CT molecular complexity index is 892. The van der Waals surface area contributed by atoms with Crippen LogP contribution in [0.5, 0.6) is 0 Å². The van der Waals surface area contributed by atoms with Crippen LogP contribution in [0.4, 0.5) is 5.95 Å². The zero-order valence-corrected chi connectivity index (χ0v) is 13.4. The largest absolute Gasteiger partial charge is 0.390 e. The summed E-state index contributed by atoms with van der Waals surface area (Å²) in [6.07, 6.45) is 4.58. The number of aromatic nitrogens is 5. The normalized spacial score (nSPS) is 11.6. The van der Waals surface area contributed by atoms with E-state index < -0.39 is 0 Å². The van der Waals surface area contributed by atoms with Gasteiger partial charge in [-0.15, -0.1) is 11.3 Å². The molecule has 0 bridgehead atoms. The molecule has 0 atom stereocenters. The van der Waals surface area contributed by atoms with Gasteiger partial charge in [-0.2, -0.15) is 5.10 Å². The quantitative estimate of drug-likeness (QED) is 0.559. The van der Waals surface area contributed by atoms with Crippen LogP contribution in [0, 0.1) is 0 Å². The molecule has 3 heterocycles. The molecular formula is C14H15N7OS. The highest BCUT2D eigenvalue weighted by molar-refractivity contribution is 7.12. The van der Waals surface area contributed by atoms with E-state index in [1.807, 2.05) is 25.3 Å². The van der Waals surface area contributed by atoms with E-state index in [0.717, 1.165) is 6.34 Å². The topological polar surface area (TPSA) is 115 Å². The average Bonchev–Trinajstić information content (AvgIpc) is 3.18. The monoisotopic (exact) mass is 329 g/mol. The number of nitrogens with one attached hydrogen (secondary N) is 1. The summed E-state index contributed by atoms with van der Waals surface area (Å²) in [7, 11) is 0. The second-order valence-corrected chi connectivity index (χ2v) is 5.89. The lowest BCUT2D eigenvalue weighted by Crippen LogP contribution is -2.17. The number of H-pyrrole nitrogens is 1. The van der Waals surface area contributed by atoms with Gasteiger partial charge < -0.3 is 5.73 Å². The first-order valence-electron chi connectivity index (χ1n) is 6.94. The highest BCUT2D eigenvalue weighted by atomic mass is 32.1. The molecule has 0 spiro atoms. The smallest absolute Gasteiger partial charge is 0.256 e. The lowest BCUT2D eigenvalue weighted by Gasteiger charge is -2.09. The van der Waals surface area contributed by atoms with E-state index in [-0.39, 0.29) is 17.4 Å². The Kier molecular flexibility index (Phi) is 4.02. The van der Waals surface area contributed by atoms with E-state index in [4.69, 9.17) is 5.73 Å². The molecule has 118 valence electrons. The summed E-state index contributed by atoms with van der Waals surface area (Å²) < 4.78 is 1.66. The number of nitrogens with two attached hydrogens (primary N) is 1. The van der Waals surface area contributed by atoms with Crippen molar-refractivity contribution in [3.8, 4) is 16.5 Å². The number of hydrogen-bond donors (Lipinski definition) is 2. The van der Waals surface area contributed by atoms with Crippen LogP contribution in [-0.2, 0) is 0 Å². The van der Waals surface area contributed by atoms with Crippen LogP contribution >= 0.6 is 11.3 Å². The highest BCUT2D eigenvalue weighted by Crippen LogP contribution is 2.28. The standard InChI is InChI=1S/C14H15N7OS/c1-8(2)10-11(19-13(16-7-15)20-12(10)22)9-6-23-14(18-9)21-5-3-4-17-21/h3-8H,1-2H3,(H3,15,16,19,20,22). The fourth-order valence-corrected chi connectivity index (χ4v) is 2.94. The van der Waals surface area contributed by atoms with Crippen molar-refractivity contribution in [3.63, 3.8) is 0 Å². The molecule has 9 heteroatoms. The molecule has 3 aromatic rings. The Balaban J connectivity index is 2.16. The van der Waals surface area contributed by atoms with E-state index in [1.54, 1.807) is 17.1 Å². The number of aliphatic imine (C=N–C) groups is 1. The van der Waals surface area contributed by atoms with Gasteiger partial charge in [0.15, 0.2) is 0 Å². The van der Waals surface area contributed by atoms with Crippen LogP contribution in [0.25, 0.3) is 16.5 Å². The van der Waals surface area contributed by atoms with Crippen molar-refractivity contribution in [1.82, 2.24) is 24.7 Å². The summed E-state index contributed by atoms with van der Waals surface area (Å²) in [5.41, 5.74) is 6.75. The van der Waals surface area contributed by atoms with Gasteiger partial charge in [0.1, 0.15) is 11.4 Å². The van der Waals surface area contributed by atoms with E-state index >= 15 is 0 Å².